The van der Waals surface area contributed by atoms with Crippen molar-refractivity contribution in [3.63, 3.8) is 0 Å². The van der Waals surface area contributed by atoms with Gasteiger partial charge in [0.15, 0.2) is 0 Å². The Morgan fingerprint density at radius 2 is 0.750 bits per heavy atom. The van der Waals surface area contributed by atoms with Gasteiger partial charge in [0, 0.05) is 21.5 Å². The van der Waals surface area contributed by atoms with Crippen LogP contribution in [-0.4, -0.2) is 10.2 Å². The summed E-state index contributed by atoms with van der Waals surface area (Å²) in [7, 11) is 0. The Morgan fingerprint density at radius 3 is 1.12 bits per heavy atom. The van der Waals surface area contributed by atoms with Gasteiger partial charge in [-0.05, 0) is 92.3 Å². The summed E-state index contributed by atoms with van der Waals surface area (Å²) in [6.45, 7) is 0. The summed E-state index contributed by atoms with van der Waals surface area (Å²) in [5.41, 5.74) is 3.78. The molecule has 186 valence electrons. The first-order valence-corrected chi connectivity index (χ1v) is 12.6. The summed E-state index contributed by atoms with van der Waals surface area (Å²) in [6, 6.07) is 30.2. The van der Waals surface area contributed by atoms with Gasteiger partial charge in [-0.15, -0.1) is 0 Å². The fraction of sp³-hybridized carbons (Fsp3) is 0. The lowest BCUT2D eigenvalue weighted by molar-refractivity contribution is 0.475. The fourth-order valence-electron chi connectivity index (χ4n) is 5.69. The van der Waals surface area contributed by atoms with Crippen LogP contribution in [0.4, 0.5) is 0 Å². The van der Waals surface area contributed by atoms with E-state index < -0.39 is 0 Å². The van der Waals surface area contributed by atoms with E-state index in [1.54, 1.807) is 24.3 Å². The number of aromatic hydroxyl groups is 2. The molecule has 0 spiro atoms. The van der Waals surface area contributed by atoms with Crippen LogP contribution in [0.2, 0.25) is 0 Å². The van der Waals surface area contributed by atoms with Crippen LogP contribution in [0, 0.1) is 22.9 Å². The number of hydrogen-bond donors (Lipinski definition) is 2. The average Bonchev–Trinajstić information content (AvgIpc) is 3.44. The highest BCUT2D eigenvalue weighted by molar-refractivity contribution is 6.21. The molecular formula is C34H18N4O2. The zero-order valence-electron chi connectivity index (χ0n) is 20.9. The summed E-state index contributed by atoms with van der Waals surface area (Å²) in [4.78, 5) is 8.46. The molecule has 0 aliphatic rings. The van der Waals surface area contributed by atoms with Gasteiger partial charge in [-0.3, -0.25) is 0 Å². The molecule has 0 radical (unpaired) electrons. The molecule has 0 aliphatic heterocycles. The SMILES string of the molecule is N#C/N=c1\c2cc(-c3ccc(O)cc3)ccc2c2cc3/c(=N/C#N)c4cc(-c5ccc(O)cc5)ccc4c3cc12. The molecule has 0 unspecified atom stereocenters. The van der Waals surface area contributed by atoms with E-state index in [1.165, 1.54) is 0 Å². The Balaban J connectivity index is 1.54. The molecular weight excluding hydrogens is 496 g/mol. The van der Waals surface area contributed by atoms with Crippen molar-refractivity contribution < 1.29 is 10.2 Å². The number of rotatable bonds is 2. The number of nitrogens with zero attached hydrogens (tertiary/aromatic N) is 4. The maximum absolute atomic E-state index is 9.69. The van der Waals surface area contributed by atoms with Gasteiger partial charge in [-0.2, -0.15) is 20.5 Å². The minimum Gasteiger partial charge on any atom is -0.508 e. The molecule has 7 aromatic rings. The Bertz CT molecular complexity index is 2180. The molecule has 2 N–H and O–H groups in total. The monoisotopic (exact) mass is 514 g/mol. The van der Waals surface area contributed by atoms with Gasteiger partial charge in [-0.1, -0.05) is 48.5 Å². The first-order valence-electron chi connectivity index (χ1n) is 12.6. The Hall–Kier alpha value is -5.98. The van der Waals surface area contributed by atoms with Gasteiger partial charge >= 0.3 is 0 Å². The molecule has 0 atom stereocenters. The lowest BCUT2D eigenvalue weighted by atomic mass is 10.0. The van der Waals surface area contributed by atoms with Crippen LogP contribution < -0.4 is 10.7 Å². The van der Waals surface area contributed by atoms with Crippen LogP contribution in [0.5, 0.6) is 11.5 Å². The van der Waals surface area contributed by atoms with Crippen molar-refractivity contribution in [1.82, 2.24) is 0 Å². The van der Waals surface area contributed by atoms with E-state index in [0.717, 1.165) is 65.3 Å². The largest absolute Gasteiger partial charge is 0.508 e. The summed E-state index contributed by atoms with van der Waals surface area (Å²) < 4.78 is 0. The van der Waals surface area contributed by atoms with E-state index in [1.807, 2.05) is 85.2 Å². The van der Waals surface area contributed by atoms with Crippen LogP contribution in [0.15, 0.2) is 107 Å². The second-order valence-corrected chi connectivity index (χ2v) is 9.68. The van der Waals surface area contributed by atoms with Crippen LogP contribution in [0.1, 0.15) is 0 Å². The van der Waals surface area contributed by atoms with Crippen LogP contribution in [-0.2, 0) is 0 Å². The van der Waals surface area contributed by atoms with Gasteiger partial charge in [0.25, 0.3) is 0 Å². The smallest absolute Gasteiger partial charge is 0.206 e. The molecule has 0 bridgehead atoms. The third-order valence-corrected chi connectivity index (χ3v) is 7.52. The molecule has 0 saturated carbocycles. The molecule has 0 aliphatic carbocycles. The Labute approximate surface area is 227 Å². The highest BCUT2D eigenvalue weighted by Gasteiger charge is 2.16. The normalized spacial score (nSPS) is 12.4. The molecule has 0 aromatic heterocycles. The van der Waals surface area contributed by atoms with Crippen molar-refractivity contribution in [1.29, 1.82) is 10.5 Å². The Kier molecular flexibility index (Phi) is 5.10. The zero-order valence-corrected chi connectivity index (χ0v) is 20.9. The van der Waals surface area contributed by atoms with Crippen molar-refractivity contribution in [2.24, 2.45) is 9.98 Å². The summed E-state index contributed by atoms with van der Waals surface area (Å²) in [5, 5.41) is 46.9. The van der Waals surface area contributed by atoms with E-state index in [4.69, 9.17) is 0 Å². The fourth-order valence-corrected chi connectivity index (χ4v) is 5.69. The third kappa shape index (κ3) is 3.49. The molecule has 6 heteroatoms. The highest BCUT2D eigenvalue weighted by Crippen LogP contribution is 2.35. The maximum atomic E-state index is 9.69. The van der Waals surface area contributed by atoms with E-state index in [2.05, 4.69) is 9.98 Å². The average molecular weight is 515 g/mol. The van der Waals surface area contributed by atoms with E-state index in [0.29, 0.717) is 10.7 Å². The minimum atomic E-state index is 0.198. The lowest BCUT2D eigenvalue weighted by Crippen LogP contribution is -1.99. The second kappa shape index (κ2) is 8.80. The zero-order chi connectivity index (χ0) is 27.4. The molecule has 0 heterocycles. The summed E-state index contributed by atoms with van der Waals surface area (Å²) in [5.74, 6) is 0.396. The van der Waals surface area contributed by atoms with E-state index in [-0.39, 0.29) is 11.5 Å². The predicted molar refractivity (Wildman–Crippen MR) is 155 cm³/mol. The number of phenolic OH excluding ortho intramolecular Hbond substituents is 2. The van der Waals surface area contributed by atoms with Crippen molar-refractivity contribution in [2.45, 2.75) is 0 Å². The molecule has 40 heavy (non-hydrogen) atoms. The molecule has 0 saturated heterocycles. The number of hydrogen-bond acceptors (Lipinski definition) is 6. The highest BCUT2D eigenvalue weighted by atomic mass is 16.3. The second-order valence-electron chi connectivity index (χ2n) is 9.68. The first kappa shape index (κ1) is 23.2. The van der Waals surface area contributed by atoms with Crippen molar-refractivity contribution >= 4 is 43.1 Å². The van der Waals surface area contributed by atoms with Crippen molar-refractivity contribution in [3.8, 4) is 46.1 Å². The molecule has 7 aromatic carbocycles. The summed E-state index contributed by atoms with van der Waals surface area (Å²) >= 11 is 0. The van der Waals surface area contributed by atoms with Gasteiger partial charge < -0.3 is 10.2 Å². The Morgan fingerprint density at radius 1 is 0.400 bits per heavy atom. The molecule has 7 rings (SSSR count). The van der Waals surface area contributed by atoms with Crippen LogP contribution >= 0.6 is 0 Å². The van der Waals surface area contributed by atoms with E-state index in [9.17, 15) is 20.7 Å². The van der Waals surface area contributed by atoms with Gasteiger partial charge in [0.05, 0.1) is 10.7 Å². The maximum Gasteiger partial charge on any atom is 0.206 e. The predicted octanol–water partition coefficient (Wildman–Crippen LogP) is 6.68. The number of phenols is 2. The van der Waals surface area contributed by atoms with Crippen LogP contribution in [0.25, 0.3) is 65.3 Å². The number of benzene rings is 5. The molecule has 0 fully saturated rings. The van der Waals surface area contributed by atoms with Crippen molar-refractivity contribution in [3.05, 3.63) is 108 Å². The number of fused-ring (bicyclic) bond motifs is 6. The van der Waals surface area contributed by atoms with Gasteiger partial charge in [0.1, 0.15) is 11.5 Å². The van der Waals surface area contributed by atoms with Gasteiger partial charge in [0.2, 0.25) is 12.4 Å². The third-order valence-electron chi connectivity index (χ3n) is 7.52. The standard InChI is InChI=1S/C34H18N4O2/c35-17-37-33-29-13-21(19-1-7-23(39)8-2-19)5-11-25(29)27-15-32-28(16-31(27)33)26-12-6-22(14-30(26)34(32)38-18-36)20-3-9-24(40)10-4-20/h1-16,39-40H/b37-33+,38-34+. The van der Waals surface area contributed by atoms with Gasteiger partial charge in [-0.25, -0.2) is 0 Å². The van der Waals surface area contributed by atoms with E-state index >= 15 is 0 Å². The first-order chi connectivity index (χ1) is 19.6. The van der Waals surface area contributed by atoms with Crippen molar-refractivity contribution in [2.75, 3.05) is 0 Å². The quantitative estimate of drug-likeness (QED) is 0.250. The topological polar surface area (TPSA) is 113 Å². The summed E-state index contributed by atoms with van der Waals surface area (Å²) in [6.07, 6.45) is 3.95. The lowest BCUT2D eigenvalue weighted by Gasteiger charge is -2.03. The number of nitriles is 2. The minimum absolute atomic E-state index is 0.198. The molecule has 6 nitrogen and oxygen atoms in total. The molecule has 0 amide bonds. The van der Waals surface area contributed by atoms with Crippen LogP contribution in [0.3, 0.4) is 0 Å².